The van der Waals surface area contributed by atoms with Crippen molar-refractivity contribution in [2.24, 2.45) is 23.7 Å². The molecule has 0 aromatic carbocycles. The monoisotopic (exact) mass is 436 g/mol. The van der Waals surface area contributed by atoms with Gasteiger partial charge in [0.25, 0.3) is 0 Å². The van der Waals surface area contributed by atoms with Gasteiger partial charge in [0.1, 0.15) is 6.10 Å². The Kier molecular flexibility index (Phi) is 5.85. The summed E-state index contributed by atoms with van der Waals surface area (Å²) in [6.07, 6.45) is -3.03. The third-order valence-electron chi connectivity index (χ3n) is 6.66. The maximum Gasteiger partial charge on any atom is 0.344 e. The van der Waals surface area contributed by atoms with E-state index in [-0.39, 0.29) is 19.3 Å². The van der Waals surface area contributed by atoms with E-state index in [4.69, 9.17) is 4.74 Å². The quantitative estimate of drug-likeness (QED) is 0.391. The van der Waals surface area contributed by atoms with Crippen molar-refractivity contribution in [3.8, 4) is 0 Å². The van der Waals surface area contributed by atoms with Crippen LogP contribution in [0.2, 0.25) is 0 Å². The predicted molar refractivity (Wildman–Crippen MR) is 93.1 cm³/mol. The molecule has 0 saturated heterocycles. The zero-order valence-electron chi connectivity index (χ0n) is 16.8. The van der Waals surface area contributed by atoms with Crippen LogP contribution in [-0.2, 0) is 28.6 Å². The third-order valence-corrected chi connectivity index (χ3v) is 6.66. The van der Waals surface area contributed by atoms with Gasteiger partial charge in [0.15, 0.2) is 0 Å². The summed E-state index contributed by atoms with van der Waals surface area (Å²) < 4.78 is 41.6. The van der Waals surface area contributed by atoms with Gasteiger partial charge >= 0.3 is 17.9 Å². The van der Waals surface area contributed by atoms with Gasteiger partial charge in [-0.15, -0.1) is 0 Å². The normalized spacial score (nSPS) is 47.2. The van der Waals surface area contributed by atoms with Crippen LogP contribution < -0.4 is 0 Å². The van der Waals surface area contributed by atoms with Gasteiger partial charge in [-0.25, -0.2) is 18.4 Å². The molecule has 170 valence electrons. The van der Waals surface area contributed by atoms with Crippen LogP contribution in [0, 0.1) is 23.7 Å². The summed E-state index contributed by atoms with van der Waals surface area (Å²) in [6, 6.07) is 0. The van der Waals surface area contributed by atoms with Crippen molar-refractivity contribution >= 4 is 17.9 Å². The zero-order chi connectivity index (χ0) is 22.6. The predicted octanol–water partition coefficient (Wildman–Crippen LogP) is -0.561. The number of aliphatic hydroxyl groups excluding tert-OH is 3. The molecule has 4 rings (SSSR count). The van der Waals surface area contributed by atoms with Gasteiger partial charge < -0.3 is 29.5 Å². The SMILES string of the molecule is CCC(=O)O[C@@H]1C[C@H](O)[C@@H]2[C@H]1[C@@]2(F)C(=O)OC.COC(=O)C1(F)[C@@H]2[C@H]1[C@@H](O)C[C@H]2O. The molecule has 0 aromatic rings. The second-order valence-electron chi connectivity index (χ2n) is 8.18. The van der Waals surface area contributed by atoms with E-state index in [2.05, 4.69) is 9.47 Å². The summed E-state index contributed by atoms with van der Waals surface area (Å²) in [6.45, 7) is 1.63. The Hall–Kier alpha value is -1.85. The summed E-state index contributed by atoms with van der Waals surface area (Å²) in [4.78, 5) is 33.4. The zero-order valence-corrected chi connectivity index (χ0v) is 16.8. The average molecular weight is 436 g/mol. The molecule has 9 nitrogen and oxygen atoms in total. The Labute approximate surface area is 171 Å². The summed E-state index contributed by atoms with van der Waals surface area (Å²) in [5.74, 6) is -5.54. The fourth-order valence-electron chi connectivity index (χ4n) is 5.18. The number of carbonyl (C=O) groups is 3. The number of halogens is 2. The standard InChI is InChI=1S/C11H15FO5.C8H11FO4/c1-3-7(14)17-6-4-5(13)8-9(6)11(8,12)10(15)16-2;1-13-7(12)8(9)5-3(10)2-4(11)6(5)8/h5-6,8-9,13H,3-4H2,1-2H3;3-6,10-11H,2H2,1H3/t5-,6+,8+,9-,11+;3-,4+,5+,6-,8?/m0./s1. The van der Waals surface area contributed by atoms with Crippen molar-refractivity contribution in [2.75, 3.05) is 14.2 Å². The molecule has 4 saturated carbocycles. The van der Waals surface area contributed by atoms with Crippen LogP contribution in [0.4, 0.5) is 8.78 Å². The fourth-order valence-corrected chi connectivity index (χ4v) is 5.18. The van der Waals surface area contributed by atoms with E-state index < -0.39 is 77.3 Å². The molecular formula is C19H26F2O9. The summed E-state index contributed by atoms with van der Waals surface area (Å²) in [5, 5.41) is 28.2. The average Bonchev–Trinajstić information content (AvgIpc) is 3.44. The van der Waals surface area contributed by atoms with E-state index >= 15 is 0 Å². The first-order valence-electron chi connectivity index (χ1n) is 9.78. The molecule has 4 aliphatic rings. The van der Waals surface area contributed by atoms with E-state index in [1.807, 2.05) is 0 Å². The van der Waals surface area contributed by atoms with Crippen molar-refractivity contribution in [1.29, 1.82) is 0 Å². The molecule has 0 spiro atoms. The highest BCUT2D eigenvalue weighted by Gasteiger charge is 2.81. The maximum atomic E-state index is 14.2. The van der Waals surface area contributed by atoms with Crippen molar-refractivity contribution in [3.05, 3.63) is 0 Å². The highest BCUT2D eigenvalue weighted by molar-refractivity contribution is 5.86. The lowest BCUT2D eigenvalue weighted by atomic mass is 10.1. The number of ether oxygens (including phenoxy) is 3. The Morgan fingerprint density at radius 3 is 1.67 bits per heavy atom. The molecule has 3 N–H and O–H groups in total. The number of rotatable bonds is 4. The van der Waals surface area contributed by atoms with E-state index in [1.54, 1.807) is 6.92 Å². The highest BCUT2D eigenvalue weighted by atomic mass is 19.2. The molecule has 4 aliphatic carbocycles. The number of alkyl halides is 2. The third kappa shape index (κ3) is 3.18. The molecule has 0 amide bonds. The van der Waals surface area contributed by atoms with Crippen LogP contribution in [0.15, 0.2) is 0 Å². The molecule has 0 bridgehead atoms. The number of hydrogen-bond donors (Lipinski definition) is 3. The topological polar surface area (TPSA) is 140 Å². The first-order valence-corrected chi connectivity index (χ1v) is 9.78. The molecule has 1 unspecified atom stereocenters. The Balaban J connectivity index is 0.000000177. The first kappa shape index (κ1) is 22.8. The van der Waals surface area contributed by atoms with Gasteiger partial charge in [-0.05, 0) is 0 Å². The smallest absolute Gasteiger partial charge is 0.344 e. The van der Waals surface area contributed by atoms with E-state index in [0.29, 0.717) is 0 Å². The Bertz CT molecular complexity index is 717. The second-order valence-corrected chi connectivity index (χ2v) is 8.18. The van der Waals surface area contributed by atoms with Crippen molar-refractivity contribution in [3.63, 3.8) is 0 Å². The van der Waals surface area contributed by atoms with Crippen molar-refractivity contribution in [1.82, 2.24) is 0 Å². The minimum atomic E-state index is -2.19. The highest BCUT2D eigenvalue weighted by Crippen LogP contribution is 2.65. The number of carbonyl (C=O) groups excluding carboxylic acids is 3. The number of fused-ring (bicyclic) bond motifs is 2. The number of methoxy groups -OCH3 is 2. The van der Waals surface area contributed by atoms with Gasteiger partial charge in [-0.1, -0.05) is 6.92 Å². The summed E-state index contributed by atoms with van der Waals surface area (Å²) >= 11 is 0. The van der Waals surface area contributed by atoms with Gasteiger partial charge in [-0.3, -0.25) is 4.79 Å². The van der Waals surface area contributed by atoms with Crippen LogP contribution in [-0.4, -0.2) is 83.2 Å². The molecule has 0 radical (unpaired) electrons. The van der Waals surface area contributed by atoms with Gasteiger partial charge in [-0.2, -0.15) is 0 Å². The molecular weight excluding hydrogens is 410 g/mol. The second kappa shape index (κ2) is 7.69. The number of hydrogen-bond acceptors (Lipinski definition) is 9. The maximum absolute atomic E-state index is 14.2. The lowest BCUT2D eigenvalue weighted by molar-refractivity contribution is -0.158. The van der Waals surface area contributed by atoms with Crippen LogP contribution in [0.25, 0.3) is 0 Å². The van der Waals surface area contributed by atoms with Gasteiger partial charge in [0.2, 0.25) is 11.3 Å². The molecule has 0 heterocycles. The minimum absolute atomic E-state index is 0.151. The van der Waals surface area contributed by atoms with E-state index in [1.165, 1.54) is 0 Å². The molecule has 11 heteroatoms. The van der Waals surface area contributed by atoms with Gasteiger partial charge in [0.05, 0.1) is 38.4 Å². The first-order chi connectivity index (χ1) is 14.0. The van der Waals surface area contributed by atoms with Crippen LogP contribution in [0.1, 0.15) is 26.2 Å². The molecule has 30 heavy (non-hydrogen) atoms. The number of esters is 3. The van der Waals surface area contributed by atoms with Crippen molar-refractivity contribution < 1.29 is 52.7 Å². The Morgan fingerprint density at radius 1 is 0.833 bits per heavy atom. The van der Waals surface area contributed by atoms with E-state index in [9.17, 15) is 38.5 Å². The summed E-state index contributed by atoms with van der Waals surface area (Å²) in [7, 11) is 2.19. The molecule has 10 atom stereocenters. The molecule has 4 fully saturated rings. The van der Waals surface area contributed by atoms with Crippen LogP contribution >= 0.6 is 0 Å². The minimum Gasteiger partial charge on any atom is -0.467 e. The largest absolute Gasteiger partial charge is 0.467 e. The lowest BCUT2D eigenvalue weighted by Crippen LogP contribution is -2.34. The Morgan fingerprint density at radius 2 is 1.23 bits per heavy atom. The fraction of sp³-hybridized carbons (Fsp3) is 0.842. The van der Waals surface area contributed by atoms with E-state index in [0.717, 1.165) is 14.2 Å². The lowest BCUT2D eigenvalue weighted by Gasteiger charge is -2.19. The molecule has 0 aromatic heterocycles. The molecule has 0 aliphatic heterocycles. The number of aliphatic hydroxyl groups is 3. The van der Waals surface area contributed by atoms with Crippen LogP contribution in [0.3, 0.4) is 0 Å². The summed E-state index contributed by atoms with van der Waals surface area (Å²) in [5.41, 5.74) is -4.34. The van der Waals surface area contributed by atoms with Crippen LogP contribution in [0.5, 0.6) is 0 Å². The van der Waals surface area contributed by atoms with Crippen molar-refractivity contribution in [2.45, 2.75) is 61.9 Å². The van der Waals surface area contributed by atoms with Gasteiger partial charge in [0, 0.05) is 37.0 Å².